The van der Waals surface area contributed by atoms with Crippen LogP contribution in [0, 0.1) is 0 Å². The monoisotopic (exact) mass is 319 g/mol. The van der Waals surface area contributed by atoms with Crippen molar-refractivity contribution in [2.45, 2.75) is 20.8 Å². The average Bonchev–Trinajstić information content (AvgIpc) is 2.57. The van der Waals surface area contributed by atoms with Gasteiger partial charge in [0.2, 0.25) is 0 Å². The summed E-state index contributed by atoms with van der Waals surface area (Å²) in [6, 6.07) is 7.25. The van der Waals surface area contributed by atoms with E-state index in [-0.39, 0.29) is 11.4 Å². The van der Waals surface area contributed by atoms with Gasteiger partial charge >= 0.3 is 5.97 Å². The van der Waals surface area contributed by atoms with Gasteiger partial charge in [-0.3, -0.25) is 4.79 Å². The van der Waals surface area contributed by atoms with Crippen LogP contribution in [0.2, 0.25) is 0 Å². The number of carbonyl (C=O) groups is 2. The standard InChI is InChI=1S/C18H25NO4/c1-5-19(6-2)11-12-23-16-9-7-15(8-10-16)13-17(14(3)20)18(21)22-4/h7-10,13H,5-6,11-12H2,1-4H3/b17-13-. The number of ketones is 1. The van der Waals surface area contributed by atoms with Gasteiger partial charge in [-0.2, -0.15) is 0 Å². The molecule has 0 aliphatic heterocycles. The fraction of sp³-hybridized carbons (Fsp3) is 0.444. The maximum absolute atomic E-state index is 11.5. The van der Waals surface area contributed by atoms with Crippen LogP contribution in [0.5, 0.6) is 5.75 Å². The van der Waals surface area contributed by atoms with Crippen molar-refractivity contribution in [3.8, 4) is 5.75 Å². The number of rotatable bonds is 9. The van der Waals surface area contributed by atoms with Gasteiger partial charge in [0.15, 0.2) is 5.78 Å². The molecule has 5 nitrogen and oxygen atoms in total. The molecule has 0 aliphatic carbocycles. The Balaban J connectivity index is 2.69. The minimum Gasteiger partial charge on any atom is -0.492 e. The number of benzene rings is 1. The van der Waals surface area contributed by atoms with Crippen LogP contribution in [0.4, 0.5) is 0 Å². The Morgan fingerprint density at radius 3 is 2.22 bits per heavy atom. The summed E-state index contributed by atoms with van der Waals surface area (Å²) >= 11 is 0. The second-order valence-electron chi connectivity index (χ2n) is 5.05. The first-order valence-corrected chi connectivity index (χ1v) is 7.78. The van der Waals surface area contributed by atoms with E-state index in [1.807, 2.05) is 12.1 Å². The molecule has 0 N–H and O–H groups in total. The normalized spacial score (nSPS) is 11.4. The van der Waals surface area contributed by atoms with Crippen molar-refractivity contribution >= 4 is 17.8 Å². The highest BCUT2D eigenvalue weighted by molar-refractivity contribution is 6.19. The molecule has 1 rings (SSSR count). The number of hydrogen-bond acceptors (Lipinski definition) is 5. The lowest BCUT2D eigenvalue weighted by atomic mass is 10.1. The molecule has 126 valence electrons. The lowest BCUT2D eigenvalue weighted by Crippen LogP contribution is -2.27. The lowest BCUT2D eigenvalue weighted by Gasteiger charge is -2.18. The Kier molecular flexibility index (Phi) is 8.05. The number of methoxy groups -OCH3 is 1. The summed E-state index contributed by atoms with van der Waals surface area (Å²) in [5, 5.41) is 0. The Bertz CT molecular complexity index is 545. The van der Waals surface area contributed by atoms with Gasteiger partial charge in [-0.05, 0) is 43.8 Å². The van der Waals surface area contributed by atoms with Gasteiger partial charge in [-0.25, -0.2) is 4.79 Å². The summed E-state index contributed by atoms with van der Waals surface area (Å²) in [4.78, 5) is 25.3. The molecule has 1 aromatic carbocycles. The molecule has 0 saturated heterocycles. The molecular weight excluding hydrogens is 294 g/mol. The summed E-state index contributed by atoms with van der Waals surface area (Å²) < 4.78 is 10.3. The molecule has 0 bridgehead atoms. The summed E-state index contributed by atoms with van der Waals surface area (Å²) in [6.07, 6.45) is 1.52. The van der Waals surface area contributed by atoms with E-state index >= 15 is 0 Å². The van der Waals surface area contributed by atoms with E-state index in [0.29, 0.717) is 6.61 Å². The zero-order valence-electron chi connectivity index (χ0n) is 14.3. The van der Waals surface area contributed by atoms with Crippen molar-refractivity contribution < 1.29 is 19.1 Å². The number of hydrogen-bond donors (Lipinski definition) is 0. The molecule has 0 heterocycles. The molecule has 0 unspecified atom stereocenters. The van der Waals surface area contributed by atoms with Crippen LogP contribution in [-0.2, 0) is 14.3 Å². The van der Waals surface area contributed by atoms with Crippen molar-refractivity contribution in [2.24, 2.45) is 0 Å². The van der Waals surface area contributed by atoms with E-state index in [4.69, 9.17) is 4.74 Å². The Labute approximate surface area is 137 Å². The smallest absolute Gasteiger partial charge is 0.341 e. The van der Waals surface area contributed by atoms with Crippen LogP contribution in [-0.4, -0.2) is 50.0 Å². The Morgan fingerprint density at radius 1 is 1.13 bits per heavy atom. The molecule has 0 aromatic heterocycles. The number of likely N-dealkylation sites (N-methyl/N-ethyl adjacent to an activating group) is 1. The third kappa shape index (κ3) is 6.24. The van der Waals surface area contributed by atoms with E-state index in [1.165, 1.54) is 20.1 Å². The number of esters is 1. The summed E-state index contributed by atoms with van der Waals surface area (Å²) in [7, 11) is 1.26. The first-order chi connectivity index (χ1) is 11.0. The van der Waals surface area contributed by atoms with Crippen molar-refractivity contribution in [3.63, 3.8) is 0 Å². The molecule has 0 fully saturated rings. The zero-order valence-corrected chi connectivity index (χ0v) is 14.3. The van der Waals surface area contributed by atoms with Crippen LogP contribution in [0.1, 0.15) is 26.3 Å². The number of Topliss-reactive ketones (excluding diaryl/α,β-unsaturated/α-hetero) is 1. The van der Waals surface area contributed by atoms with Gasteiger partial charge in [0.25, 0.3) is 0 Å². The lowest BCUT2D eigenvalue weighted by molar-refractivity contribution is -0.137. The maximum atomic E-state index is 11.5. The molecule has 0 amide bonds. The van der Waals surface area contributed by atoms with Gasteiger partial charge in [0.1, 0.15) is 17.9 Å². The van der Waals surface area contributed by atoms with Gasteiger partial charge in [0, 0.05) is 6.54 Å². The minimum absolute atomic E-state index is 0.0303. The van der Waals surface area contributed by atoms with Crippen LogP contribution >= 0.6 is 0 Å². The number of ether oxygens (including phenoxy) is 2. The van der Waals surface area contributed by atoms with Gasteiger partial charge in [-0.15, -0.1) is 0 Å². The van der Waals surface area contributed by atoms with Crippen LogP contribution < -0.4 is 4.74 Å². The minimum atomic E-state index is -0.628. The number of carbonyl (C=O) groups excluding carboxylic acids is 2. The molecule has 0 radical (unpaired) electrons. The molecular formula is C18H25NO4. The van der Waals surface area contributed by atoms with Crippen LogP contribution in [0.3, 0.4) is 0 Å². The van der Waals surface area contributed by atoms with E-state index < -0.39 is 5.97 Å². The average molecular weight is 319 g/mol. The first-order valence-electron chi connectivity index (χ1n) is 7.78. The highest BCUT2D eigenvalue weighted by Crippen LogP contribution is 2.15. The molecule has 0 saturated carbocycles. The largest absolute Gasteiger partial charge is 0.492 e. The molecule has 23 heavy (non-hydrogen) atoms. The SMILES string of the molecule is CCN(CC)CCOc1ccc(/C=C(/C(C)=O)C(=O)OC)cc1. The molecule has 1 aromatic rings. The van der Waals surface area contributed by atoms with Crippen molar-refractivity contribution in [3.05, 3.63) is 35.4 Å². The number of nitrogens with zero attached hydrogens (tertiary/aromatic N) is 1. The van der Waals surface area contributed by atoms with Crippen LogP contribution in [0.15, 0.2) is 29.8 Å². The second-order valence-corrected chi connectivity index (χ2v) is 5.05. The van der Waals surface area contributed by atoms with Crippen molar-refractivity contribution in [2.75, 3.05) is 33.4 Å². The fourth-order valence-electron chi connectivity index (χ4n) is 2.07. The molecule has 5 heteroatoms. The highest BCUT2D eigenvalue weighted by Gasteiger charge is 2.14. The van der Waals surface area contributed by atoms with E-state index in [0.717, 1.165) is 30.9 Å². The second kappa shape index (κ2) is 9.79. The third-order valence-corrected chi connectivity index (χ3v) is 3.55. The molecule has 0 atom stereocenters. The predicted molar refractivity (Wildman–Crippen MR) is 90.4 cm³/mol. The predicted octanol–water partition coefficient (Wildman–Crippen LogP) is 2.55. The topological polar surface area (TPSA) is 55.8 Å². The first kappa shape index (κ1) is 18.9. The zero-order chi connectivity index (χ0) is 17.2. The van der Waals surface area contributed by atoms with Gasteiger partial charge < -0.3 is 14.4 Å². The fourth-order valence-corrected chi connectivity index (χ4v) is 2.07. The van der Waals surface area contributed by atoms with Crippen molar-refractivity contribution in [1.82, 2.24) is 4.90 Å². The van der Waals surface area contributed by atoms with Crippen LogP contribution in [0.25, 0.3) is 6.08 Å². The quantitative estimate of drug-likeness (QED) is 0.303. The summed E-state index contributed by atoms with van der Waals surface area (Å²) in [5.74, 6) is -0.190. The molecule has 0 spiro atoms. The van der Waals surface area contributed by atoms with Gasteiger partial charge in [-0.1, -0.05) is 26.0 Å². The highest BCUT2D eigenvalue weighted by atomic mass is 16.5. The summed E-state index contributed by atoms with van der Waals surface area (Å²) in [6.45, 7) is 9.10. The van der Waals surface area contributed by atoms with Gasteiger partial charge in [0.05, 0.1) is 7.11 Å². The Morgan fingerprint density at radius 2 is 1.74 bits per heavy atom. The molecule has 0 aliphatic rings. The Hall–Kier alpha value is -2.14. The van der Waals surface area contributed by atoms with E-state index in [1.54, 1.807) is 12.1 Å². The van der Waals surface area contributed by atoms with Crippen molar-refractivity contribution in [1.29, 1.82) is 0 Å². The summed E-state index contributed by atoms with van der Waals surface area (Å²) in [5.41, 5.74) is 0.777. The van der Waals surface area contributed by atoms with E-state index in [9.17, 15) is 9.59 Å². The maximum Gasteiger partial charge on any atom is 0.341 e. The third-order valence-electron chi connectivity index (χ3n) is 3.55. The van der Waals surface area contributed by atoms with E-state index in [2.05, 4.69) is 23.5 Å².